The van der Waals surface area contributed by atoms with Crippen LogP contribution in [0.5, 0.6) is 0 Å². The molecule has 0 radical (unpaired) electrons. The summed E-state index contributed by atoms with van der Waals surface area (Å²) in [6.45, 7) is 7.66. The summed E-state index contributed by atoms with van der Waals surface area (Å²) in [4.78, 5) is 25.0. The first kappa shape index (κ1) is 17.5. The molecule has 2 amide bonds. The van der Waals surface area contributed by atoms with Gasteiger partial charge in [-0.2, -0.15) is 0 Å². The SMILES string of the molecule is Cc1ccc(CC(C)NC(=O)NC(C)(C)CCC(=O)O)s1. The van der Waals surface area contributed by atoms with Gasteiger partial charge in [-0.3, -0.25) is 4.79 Å². The Bertz CT molecular complexity index is 497. The average Bonchev–Trinajstić information content (AvgIpc) is 2.71. The summed E-state index contributed by atoms with van der Waals surface area (Å²) in [7, 11) is 0. The number of hydrogen-bond acceptors (Lipinski definition) is 3. The lowest BCUT2D eigenvalue weighted by Gasteiger charge is -2.26. The predicted octanol–water partition coefficient (Wildman–Crippen LogP) is 2.93. The summed E-state index contributed by atoms with van der Waals surface area (Å²) >= 11 is 1.73. The second-order valence-corrected chi connectivity index (χ2v) is 7.37. The predicted molar refractivity (Wildman–Crippen MR) is 84.8 cm³/mol. The maximum Gasteiger partial charge on any atom is 0.315 e. The van der Waals surface area contributed by atoms with Crippen LogP contribution in [0.4, 0.5) is 4.79 Å². The molecule has 0 aliphatic rings. The smallest absolute Gasteiger partial charge is 0.315 e. The van der Waals surface area contributed by atoms with Gasteiger partial charge in [0, 0.05) is 34.2 Å². The molecule has 0 spiro atoms. The molecule has 1 unspecified atom stereocenters. The van der Waals surface area contributed by atoms with Crippen LogP contribution in [0, 0.1) is 6.92 Å². The van der Waals surface area contributed by atoms with Gasteiger partial charge in [-0.1, -0.05) is 0 Å². The van der Waals surface area contributed by atoms with Gasteiger partial charge < -0.3 is 15.7 Å². The van der Waals surface area contributed by atoms with Gasteiger partial charge in [-0.15, -0.1) is 11.3 Å². The van der Waals surface area contributed by atoms with Crippen molar-refractivity contribution in [3.8, 4) is 0 Å². The van der Waals surface area contributed by atoms with Crippen molar-refractivity contribution in [1.82, 2.24) is 10.6 Å². The minimum Gasteiger partial charge on any atom is -0.481 e. The van der Waals surface area contributed by atoms with Crippen molar-refractivity contribution in [2.45, 2.75) is 58.5 Å². The Labute approximate surface area is 129 Å². The van der Waals surface area contributed by atoms with E-state index in [-0.39, 0.29) is 18.5 Å². The maximum absolute atomic E-state index is 11.9. The Morgan fingerprint density at radius 2 is 2.05 bits per heavy atom. The van der Waals surface area contributed by atoms with E-state index in [9.17, 15) is 9.59 Å². The molecule has 1 aromatic heterocycles. The summed E-state index contributed by atoms with van der Waals surface area (Å²) in [5.41, 5.74) is -0.540. The largest absolute Gasteiger partial charge is 0.481 e. The van der Waals surface area contributed by atoms with E-state index < -0.39 is 11.5 Å². The van der Waals surface area contributed by atoms with Gasteiger partial charge in [-0.05, 0) is 46.2 Å². The van der Waals surface area contributed by atoms with Gasteiger partial charge in [0.25, 0.3) is 0 Å². The molecule has 0 saturated heterocycles. The van der Waals surface area contributed by atoms with Crippen LogP contribution in [0.2, 0.25) is 0 Å². The van der Waals surface area contributed by atoms with E-state index in [4.69, 9.17) is 5.11 Å². The molecule has 0 aliphatic heterocycles. The first-order valence-electron chi connectivity index (χ1n) is 7.04. The fourth-order valence-corrected chi connectivity index (χ4v) is 3.02. The Balaban J connectivity index is 2.39. The number of hydrogen-bond donors (Lipinski definition) is 3. The monoisotopic (exact) mass is 312 g/mol. The number of rotatable bonds is 7. The number of carbonyl (C=O) groups is 2. The van der Waals surface area contributed by atoms with Crippen LogP contribution in [-0.2, 0) is 11.2 Å². The Hall–Kier alpha value is -1.56. The van der Waals surface area contributed by atoms with Crippen molar-refractivity contribution in [2.75, 3.05) is 0 Å². The van der Waals surface area contributed by atoms with Crippen LogP contribution in [0.25, 0.3) is 0 Å². The maximum atomic E-state index is 11.9. The number of aliphatic carboxylic acids is 1. The molecule has 0 aromatic carbocycles. The van der Waals surface area contributed by atoms with Crippen LogP contribution in [0.1, 0.15) is 43.4 Å². The minimum absolute atomic E-state index is 0.0262. The molecule has 1 atom stereocenters. The van der Waals surface area contributed by atoms with Crippen LogP contribution >= 0.6 is 11.3 Å². The third-order valence-electron chi connectivity index (χ3n) is 3.10. The topological polar surface area (TPSA) is 78.4 Å². The zero-order valence-corrected chi connectivity index (χ0v) is 13.8. The van der Waals surface area contributed by atoms with E-state index in [2.05, 4.69) is 29.7 Å². The zero-order valence-electron chi connectivity index (χ0n) is 13.0. The third kappa shape index (κ3) is 7.13. The molecule has 3 N–H and O–H groups in total. The normalized spacial score (nSPS) is 12.8. The molecule has 0 fully saturated rings. The van der Waals surface area contributed by atoms with Gasteiger partial charge >= 0.3 is 12.0 Å². The molecule has 1 rings (SSSR count). The molecule has 1 aromatic rings. The Morgan fingerprint density at radius 3 is 2.57 bits per heavy atom. The van der Waals surface area contributed by atoms with E-state index in [0.29, 0.717) is 6.42 Å². The highest BCUT2D eigenvalue weighted by Crippen LogP contribution is 2.17. The van der Waals surface area contributed by atoms with E-state index in [1.807, 2.05) is 20.8 Å². The van der Waals surface area contributed by atoms with Crippen LogP contribution in [0.15, 0.2) is 12.1 Å². The molecule has 6 heteroatoms. The average molecular weight is 312 g/mol. The number of nitrogens with one attached hydrogen (secondary N) is 2. The second-order valence-electron chi connectivity index (χ2n) is 5.99. The van der Waals surface area contributed by atoms with Gasteiger partial charge in [0.1, 0.15) is 0 Å². The lowest BCUT2D eigenvalue weighted by molar-refractivity contribution is -0.137. The Kier molecular flexibility index (Phi) is 6.20. The quantitative estimate of drug-likeness (QED) is 0.724. The second kappa shape index (κ2) is 7.45. The number of thiophene rings is 1. The minimum atomic E-state index is -0.855. The summed E-state index contributed by atoms with van der Waals surface area (Å²) in [6.07, 6.45) is 1.23. The van der Waals surface area contributed by atoms with E-state index in [1.54, 1.807) is 11.3 Å². The molecule has 5 nitrogen and oxygen atoms in total. The summed E-state index contributed by atoms with van der Waals surface area (Å²) in [6, 6.07) is 3.92. The van der Waals surface area contributed by atoms with Crippen molar-refractivity contribution in [2.24, 2.45) is 0 Å². The van der Waals surface area contributed by atoms with Crippen LogP contribution < -0.4 is 10.6 Å². The lowest BCUT2D eigenvalue weighted by atomic mass is 9.99. The highest BCUT2D eigenvalue weighted by molar-refractivity contribution is 7.11. The van der Waals surface area contributed by atoms with Crippen molar-refractivity contribution in [3.63, 3.8) is 0 Å². The van der Waals surface area contributed by atoms with E-state index in [0.717, 1.165) is 6.42 Å². The van der Waals surface area contributed by atoms with Crippen molar-refractivity contribution in [3.05, 3.63) is 21.9 Å². The number of carbonyl (C=O) groups excluding carboxylic acids is 1. The summed E-state index contributed by atoms with van der Waals surface area (Å²) in [5.74, 6) is -0.855. The number of amides is 2. The third-order valence-corrected chi connectivity index (χ3v) is 4.12. The molecular weight excluding hydrogens is 288 g/mol. The molecule has 0 aliphatic carbocycles. The summed E-state index contributed by atoms with van der Waals surface area (Å²) < 4.78 is 0. The first-order valence-corrected chi connectivity index (χ1v) is 7.85. The number of urea groups is 1. The van der Waals surface area contributed by atoms with Crippen LogP contribution in [-0.4, -0.2) is 28.7 Å². The lowest BCUT2D eigenvalue weighted by Crippen LogP contribution is -2.50. The Morgan fingerprint density at radius 1 is 1.38 bits per heavy atom. The van der Waals surface area contributed by atoms with Gasteiger partial charge in [0.2, 0.25) is 0 Å². The number of carboxylic acids is 1. The van der Waals surface area contributed by atoms with Gasteiger partial charge in [0.15, 0.2) is 0 Å². The molecule has 21 heavy (non-hydrogen) atoms. The number of carboxylic acid groups (broad SMARTS) is 1. The first-order chi connectivity index (χ1) is 9.68. The molecular formula is C15H24N2O3S. The fourth-order valence-electron chi connectivity index (χ4n) is 2.00. The zero-order chi connectivity index (χ0) is 16.0. The molecule has 0 saturated carbocycles. The highest BCUT2D eigenvalue weighted by atomic mass is 32.1. The van der Waals surface area contributed by atoms with Gasteiger partial charge in [0.05, 0.1) is 0 Å². The number of aryl methyl sites for hydroxylation is 1. The van der Waals surface area contributed by atoms with E-state index in [1.165, 1.54) is 9.75 Å². The van der Waals surface area contributed by atoms with Gasteiger partial charge in [-0.25, -0.2) is 4.79 Å². The highest BCUT2D eigenvalue weighted by Gasteiger charge is 2.22. The summed E-state index contributed by atoms with van der Waals surface area (Å²) in [5, 5.41) is 14.4. The standard InChI is InChI=1S/C15H24N2O3S/c1-10(9-12-6-5-11(2)21-12)16-14(20)17-15(3,4)8-7-13(18)19/h5-6,10H,7-9H2,1-4H3,(H,18,19)(H2,16,17,20). The fraction of sp³-hybridized carbons (Fsp3) is 0.600. The van der Waals surface area contributed by atoms with Crippen molar-refractivity contribution < 1.29 is 14.7 Å². The van der Waals surface area contributed by atoms with Crippen molar-refractivity contribution in [1.29, 1.82) is 0 Å². The van der Waals surface area contributed by atoms with Crippen LogP contribution in [0.3, 0.4) is 0 Å². The van der Waals surface area contributed by atoms with Crippen molar-refractivity contribution >= 4 is 23.3 Å². The molecule has 118 valence electrons. The molecule has 0 bridgehead atoms. The van der Waals surface area contributed by atoms with E-state index >= 15 is 0 Å². The molecule has 1 heterocycles.